The predicted octanol–water partition coefficient (Wildman–Crippen LogP) is 1.40. The lowest BCUT2D eigenvalue weighted by molar-refractivity contribution is 0.144. The Morgan fingerprint density at radius 3 is 2.90 bits per heavy atom. The van der Waals surface area contributed by atoms with E-state index in [-0.39, 0.29) is 11.6 Å². The van der Waals surface area contributed by atoms with Gasteiger partial charge < -0.3 is 14.5 Å². The summed E-state index contributed by atoms with van der Waals surface area (Å²) in [6.45, 7) is 5.23. The van der Waals surface area contributed by atoms with Crippen molar-refractivity contribution < 1.29 is 17.6 Å². The zero-order valence-electron chi connectivity index (χ0n) is 12.0. The van der Waals surface area contributed by atoms with Crippen molar-refractivity contribution in [2.24, 2.45) is 0 Å². The van der Waals surface area contributed by atoms with Crippen molar-refractivity contribution in [3.8, 4) is 0 Å². The van der Waals surface area contributed by atoms with E-state index in [1.807, 2.05) is 0 Å². The minimum atomic E-state index is -3.60. The zero-order valence-corrected chi connectivity index (χ0v) is 12.8. The molecule has 1 aliphatic rings. The summed E-state index contributed by atoms with van der Waals surface area (Å²) in [5, 5.41) is 3.22. The van der Waals surface area contributed by atoms with E-state index in [1.165, 1.54) is 18.9 Å². The first kappa shape index (κ1) is 16.2. The highest BCUT2D eigenvalue weighted by molar-refractivity contribution is 7.89. The molecule has 0 aliphatic heterocycles. The lowest BCUT2D eigenvalue weighted by Gasteiger charge is -2.05. The van der Waals surface area contributed by atoms with Crippen LogP contribution in [0, 0.1) is 0 Å². The highest BCUT2D eigenvalue weighted by Gasteiger charge is 2.22. The number of ether oxygens (including phenoxy) is 1. The fourth-order valence-corrected chi connectivity index (χ4v) is 2.68. The molecule has 0 radical (unpaired) electrons. The second-order valence-electron chi connectivity index (χ2n) is 4.96. The van der Waals surface area contributed by atoms with Gasteiger partial charge in [0.2, 0.25) is 5.09 Å². The fraction of sp³-hybridized carbons (Fsp3) is 0.571. The second kappa shape index (κ2) is 7.74. The molecule has 2 rings (SSSR count). The minimum absolute atomic E-state index is 0.0545. The first-order valence-corrected chi connectivity index (χ1v) is 8.60. The molecule has 6 nitrogen and oxygen atoms in total. The van der Waals surface area contributed by atoms with Crippen molar-refractivity contribution in [3.05, 3.63) is 30.5 Å². The van der Waals surface area contributed by atoms with Crippen LogP contribution in [-0.4, -0.2) is 34.2 Å². The molecule has 21 heavy (non-hydrogen) atoms. The molecule has 1 fully saturated rings. The molecular formula is C14H22N2O4S. The molecule has 1 heterocycles. The molecule has 0 bridgehead atoms. The van der Waals surface area contributed by atoms with Gasteiger partial charge in [-0.15, -0.1) is 6.58 Å². The third kappa shape index (κ3) is 5.62. The average molecular weight is 314 g/mol. The van der Waals surface area contributed by atoms with Crippen LogP contribution in [0.3, 0.4) is 0 Å². The number of rotatable bonds is 11. The van der Waals surface area contributed by atoms with Crippen LogP contribution in [0.4, 0.5) is 0 Å². The van der Waals surface area contributed by atoms with Crippen LogP contribution in [-0.2, 0) is 21.3 Å². The molecule has 2 N–H and O–H groups in total. The lowest BCUT2D eigenvalue weighted by atomic mass is 10.4. The maximum atomic E-state index is 12.0. The molecule has 1 saturated carbocycles. The Kier molecular flexibility index (Phi) is 5.98. The lowest BCUT2D eigenvalue weighted by Crippen LogP contribution is -2.27. The summed E-state index contributed by atoms with van der Waals surface area (Å²) in [4.78, 5) is 0. The van der Waals surface area contributed by atoms with E-state index in [2.05, 4.69) is 16.6 Å². The Labute approximate surface area is 125 Å². The van der Waals surface area contributed by atoms with Gasteiger partial charge in [0.25, 0.3) is 10.0 Å². The molecule has 0 saturated heterocycles. The first-order chi connectivity index (χ1) is 10.1. The average Bonchev–Trinajstić information content (AvgIpc) is 3.16. The van der Waals surface area contributed by atoms with E-state index in [1.54, 1.807) is 12.1 Å². The summed E-state index contributed by atoms with van der Waals surface area (Å²) in [6.07, 6.45) is 4.87. The van der Waals surface area contributed by atoms with Gasteiger partial charge in [-0.25, -0.2) is 13.1 Å². The molecular weight excluding hydrogens is 292 g/mol. The molecule has 0 spiro atoms. The number of furan rings is 1. The maximum Gasteiger partial charge on any atom is 0.274 e. The summed E-state index contributed by atoms with van der Waals surface area (Å²) in [5.74, 6) is 0.629. The van der Waals surface area contributed by atoms with Crippen LogP contribution in [0.1, 0.15) is 25.0 Å². The minimum Gasteiger partial charge on any atom is -0.447 e. The van der Waals surface area contributed by atoms with E-state index in [0.29, 0.717) is 31.6 Å². The standard InChI is InChI=1S/C14H22N2O4S/c1-2-3-9-19-10-8-16-21(17,18)14-7-6-13(20-14)11-15-12-4-5-12/h2,6-7,12,15-16H,1,3-5,8-11H2. The SMILES string of the molecule is C=CCCOCCNS(=O)(=O)c1ccc(CNC2CC2)o1. The van der Waals surface area contributed by atoms with Gasteiger partial charge in [0.1, 0.15) is 5.76 Å². The molecule has 7 heteroatoms. The van der Waals surface area contributed by atoms with Crippen molar-refractivity contribution in [2.45, 2.75) is 36.9 Å². The van der Waals surface area contributed by atoms with Gasteiger partial charge in [-0.1, -0.05) is 6.08 Å². The quantitative estimate of drug-likeness (QED) is 0.477. The highest BCUT2D eigenvalue weighted by Crippen LogP contribution is 2.20. The van der Waals surface area contributed by atoms with Crippen molar-refractivity contribution >= 4 is 10.0 Å². The second-order valence-corrected chi connectivity index (χ2v) is 6.66. The molecule has 0 atom stereocenters. The number of sulfonamides is 1. The summed E-state index contributed by atoms with van der Waals surface area (Å²) >= 11 is 0. The van der Waals surface area contributed by atoms with E-state index in [0.717, 1.165) is 6.42 Å². The summed E-state index contributed by atoms with van der Waals surface area (Å²) in [7, 11) is -3.60. The van der Waals surface area contributed by atoms with Crippen LogP contribution in [0.25, 0.3) is 0 Å². The normalized spacial score (nSPS) is 15.2. The van der Waals surface area contributed by atoms with Crippen LogP contribution in [0.15, 0.2) is 34.3 Å². The Balaban J connectivity index is 1.74. The van der Waals surface area contributed by atoms with Crippen LogP contribution in [0.2, 0.25) is 0 Å². The topological polar surface area (TPSA) is 80.6 Å². The predicted molar refractivity (Wildman–Crippen MR) is 79.4 cm³/mol. The first-order valence-electron chi connectivity index (χ1n) is 7.12. The number of hydrogen-bond acceptors (Lipinski definition) is 5. The molecule has 118 valence electrons. The van der Waals surface area contributed by atoms with Gasteiger partial charge in [-0.2, -0.15) is 0 Å². The molecule has 0 aromatic carbocycles. The molecule has 0 unspecified atom stereocenters. The van der Waals surface area contributed by atoms with E-state index in [9.17, 15) is 8.42 Å². The van der Waals surface area contributed by atoms with Crippen molar-refractivity contribution in [1.29, 1.82) is 0 Å². The number of nitrogens with one attached hydrogen (secondary N) is 2. The third-order valence-corrected chi connectivity index (χ3v) is 4.38. The van der Waals surface area contributed by atoms with Crippen LogP contribution in [0.5, 0.6) is 0 Å². The third-order valence-electron chi connectivity index (χ3n) is 3.05. The van der Waals surface area contributed by atoms with Crippen LogP contribution < -0.4 is 10.0 Å². The van der Waals surface area contributed by atoms with E-state index in [4.69, 9.17) is 9.15 Å². The summed E-state index contributed by atoms with van der Waals surface area (Å²) in [5.41, 5.74) is 0. The van der Waals surface area contributed by atoms with Gasteiger partial charge in [0.05, 0.1) is 19.8 Å². The Bertz CT molecular complexity index is 549. The summed E-state index contributed by atoms with van der Waals surface area (Å²) < 4.78 is 37.0. The Morgan fingerprint density at radius 1 is 1.38 bits per heavy atom. The highest BCUT2D eigenvalue weighted by atomic mass is 32.2. The van der Waals surface area contributed by atoms with Gasteiger partial charge in [-0.3, -0.25) is 0 Å². The molecule has 1 aliphatic carbocycles. The van der Waals surface area contributed by atoms with E-state index >= 15 is 0 Å². The van der Waals surface area contributed by atoms with Gasteiger partial charge in [0, 0.05) is 12.6 Å². The van der Waals surface area contributed by atoms with E-state index < -0.39 is 10.0 Å². The maximum absolute atomic E-state index is 12.0. The smallest absolute Gasteiger partial charge is 0.274 e. The van der Waals surface area contributed by atoms with Crippen LogP contribution >= 0.6 is 0 Å². The van der Waals surface area contributed by atoms with Crippen molar-refractivity contribution in [3.63, 3.8) is 0 Å². The van der Waals surface area contributed by atoms with Crippen molar-refractivity contribution in [2.75, 3.05) is 19.8 Å². The number of hydrogen-bond donors (Lipinski definition) is 2. The Morgan fingerprint density at radius 2 is 2.19 bits per heavy atom. The van der Waals surface area contributed by atoms with Gasteiger partial charge in [-0.05, 0) is 31.4 Å². The van der Waals surface area contributed by atoms with Crippen molar-refractivity contribution in [1.82, 2.24) is 10.0 Å². The zero-order chi connectivity index (χ0) is 15.1. The summed E-state index contributed by atoms with van der Waals surface area (Å²) in [6, 6.07) is 3.72. The fourth-order valence-electron chi connectivity index (χ4n) is 1.72. The molecule has 1 aromatic heterocycles. The monoisotopic (exact) mass is 314 g/mol. The largest absolute Gasteiger partial charge is 0.447 e. The van der Waals surface area contributed by atoms with Gasteiger partial charge >= 0.3 is 0 Å². The Hall–Kier alpha value is -1.15. The van der Waals surface area contributed by atoms with Gasteiger partial charge in [0.15, 0.2) is 0 Å². The molecule has 1 aromatic rings. The molecule has 0 amide bonds.